The fraction of sp³-hybridized carbons (Fsp3) is 0.500. The summed E-state index contributed by atoms with van der Waals surface area (Å²) in [5.74, 6) is -0.422. The van der Waals surface area contributed by atoms with Crippen LogP contribution in [-0.2, 0) is 0 Å². The Morgan fingerprint density at radius 3 is 2.95 bits per heavy atom. The molecule has 1 aromatic carbocycles. The Balaban J connectivity index is 1.97. The molecule has 0 aromatic heterocycles. The molecular formula is C14H20N2O3. The maximum atomic E-state index is 10.8. The predicted molar refractivity (Wildman–Crippen MR) is 73.6 cm³/mol. The molecule has 5 nitrogen and oxygen atoms in total. The predicted octanol–water partition coefficient (Wildman–Crippen LogP) is 1.83. The number of carbonyl (C=O) groups is 1. The number of aromatic carboxylic acids is 1. The number of hydrogen-bond donors (Lipinski definition) is 2. The molecule has 1 fully saturated rings. The van der Waals surface area contributed by atoms with Gasteiger partial charge >= 0.3 is 5.97 Å². The van der Waals surface area contributed by atoms with Gasteiger partial charge in [-0.05, 0) is 44.6 Å². The molecule has 19 heavy (non-hydrogen) atoms. The van der Waals surface area contributed by atoms with E-state index in [9.17, 15) is 4.79 Å². The number of hydrogen-bond acceptors (Lipinski definition) is 4. The van der Waals surface area contributed by atoms with Crippen molar-refractivity contribution >= 4 is 11.7 Å². The Morgan fingerprint density at radius 2 is 2.32 bits per heavy atom. The number of rotatable bonds is 4. The number of carboxylic acids is 1. The van der Waals surface area contributed by atoms with Gasteiger partial charge in [-0.3, -0.25) is 0 Å². The Bertz CT molecular complexity index is 462. The zero-order valence-corrected chi connectivity index (χ0v) is 11.1. The van der Waals surface area contributed by atoms with E-state index in [1.807, 2.05) is 0 Å². The van der Waals surface area contributed by atoms with E-state index in [1.165, 1.54) is 25.0 Å². The van der Waals surface area contributed by atoms with Crippen LogP contribution in [-0.4, -0.2) is 42.2 Å². The fourth-order valence-corrected chi connectivity index (χ4v) is 2.35. The van der Waals surface area contributed by atoms with Gasteiger partial charge in [0.15, 0.2) is 0 Å². The van der Waals surface area contributed by atoms with Crippen LogP contribution >= 0.6 is 0 Å². The molecule has 1 atom stereocenters. The Labute approximate surface area is 113 Å². The Morgan fingerprint density at radius 1 is 1.53 bits per heavy atom. The van der Waals surface area contributed by atoms with Gasteiger partial charge in [0, 0.05) is 6.04 Å². The van der Waals surface area contributed by atoms with E-state index in [0.29, 0.717) is 24.1 Å². The maximum absolute atomic E-state index is 10.8. The second-order valence-electron chi connectivity index (χ2n) is 5.00. The third-order valence-corrected chi connectivity index (χ3v) is 3.61. The van der Waals surface area contributed by atoms with Crippen molar-refractivity contribution in [3.63, 3.8) is 0 Å². The lowest BCUT2D eigenvalue weighted by molar-refractivity contribution is 0.0697. The lowest BCUT2D eigenvalue weighted by atomic mass is 10.0. The lowest BCUT2D eigenvalue weighted by Gasteiger charge is -2.32. The molecule has 3 N–H and O–H groups in total. The van der Waals surface area contributed by atoms with Crippen LogP contribution in [0.1, 0.15) is 29.6 Å². The number of anilines is 1. The summed E-state index contributed by atoms with van der Waals surface area (Å²) < 4.78 is 5.72. The molecule has 0 spiro atoms. The molecule has 104 valence electrons. The molecule has 0 saturated carbocycles. The van der Waals surface area contributed by atoms with E-state index in [-0.39, 0.29) is 5.56 Å². The fourth-order valence-electron chi connectivity index (χ4n) is 2.35. The highest BCUT2D eigenvalue weighted by molar-refractivity contribution is 5.89. The second-order valence-corrected chi connectivity index (χ2v) is 5.00. The topological polar surface area (TPSA) is 75.8 Å². The molecule has 5 heteroatoms. The van der Waals surface area contributed by atoms with Gasteiger partial charge < -0.3 is 20.5 Å². The van der Waals surface area contributed by atoms with Crippen molar-refractivity contribution in [1.29, 1.82) is 0 Å². The number of carboxylic acid groups (broad SMARTS) is 1. The zero-order chi connectivity index (χ0) is 13.8. The molecule has 0 bridgehead atoms. The SMILES string of the molecule is CN1CCCCC1COc1ccc(C(=O)O)cc1N. The highest BCUT2D eigenvalue weighted by atomic mass is 16.5. The number of benzene rings is 1. The van der Waals surface area contributed by atoms with Crippen molar-refractivity contribution in [1.82, 2.24) is 4.90 Å². The summed E-state index contributed by atoms with van der Waals surface area (Å²) in [6.45, 7) is 1.69. The van der Waals surface area contributed by atoms with Crippen molar-refractivity contribution in [3.8, 4) is 5.75 Å². The van der Waals surface area contributed by atoms with Gasteiger partial charge in [-0.1, -0.05) is 6.42 Å². The van der Waals surface area contributed by atoms with Crippen molar-refractivity contribution in [3.05, 3.63) is 23.8 Å². The van der Waals surface area contributed by atoms with Crippen molar-refractivity contribution < 1.29 is 14.6 Å². The molecule has 1 aromatic rings. The number of nitrogens with two attached hydrogens (primary N) is 1. The summed E-state index contributed by atoms with van der Waals surface area (Å²) in [4.78, 5) is 13.1. The first-order chi connectivity index (χ1) is 9.08. The van der Waals surface area contributed by atoms with E-state index in [0.717, 1.165) is 13.0 Å². The van der Waals surface area contributed by atoms with Crippen LogP contribution in [0.15, 0.2) is 18.2 Å². The summed E-state index contributed by atoms with van der Waals surface area (Å²) in [6.07, 6.45) is 3.60. The van der Waals surface area contributed by atoms with Crippen LogP contribution in [0.25, 0.3) is 0 Å². The van der Waals surface area contributed by atoms with E-state index >= 15 is 0 Å². The first-order valence-corrected chi connectivity index (χ1v) is 6.54. The molecule has 1 saturated heterocycles. The number of piperidine rings is 1. The molecule has 0 radical (unpaired) electrons. The quantitative estimate of drug-likeness (QED) is 0.811. The minimum atomic E-state index is -0.981. The summed E-state index contributed by atoms with van der Waals surface area (Å²) in [5, 5.41) is 8.87. The van der Waals surface area contributed by atoms with Crippen LogP contribution < -0.4 is 10.5 Å². The maximum Gasteiger partial charge on any atom is 0.335 e. The molecule has 0 aliphatic carbocycles. The first-order valence-electron chi connectivity index (χ1n) is 6.54. The Kier molecular flexibility index (Phi) is 4.27. The molecular weight excluding hydrogens is 244 g/mol. The molecule has 1 unspecified atom stereocenters. The van der Waals surface area contributed by atoms with Crippen LogP contribution in [0.3, 0.4) is 0 Å². The summed E-state index contributed by atoms with van der Waals surface area (Å²) >= 11 is 0. The number of likely N-dealkylation sites (N-methyl/N-ethyl adjacent to an activating group) is 1. The molecule has 1 aliphatic heterocycles. The van der Waals surface area contributed by atoms with Crippen LogP contribution in [0.5, 0.6) is 5.75 Å². The molecule has 1 aliphatic rings. The number of nitrogens with zero attached hydrogens (tertiary/aromatic N) is 1. The smallest absolute Gasteiger partial charge is 0.335 e. The van der Waals surface area contributed by atoms with Crippen molar-refractivity contribution in [2.24, 2.45) is 0 Å². The highest BCUT2D eigenvalue weighted by Crippen LogP contribution is 2.24. The molecule has 2 rings (SSSR count). The van der Waals surface area contributed by atoms with Crippen LogP contribution in [0, 0.1) is 0 Å². The standard InChI is InChI=1S/C14H20N2O3/c1-16-7-3-2-4-11(16)9-19-13-6-5-10(14(17)18)8-12(13)15/h5-6,8,11H,2-4,7,9,15H2,1H3,(H,17,18). The van der Waals surface area contributed by atoms with Gasteiger partial charge in [0.2, 0.25) is 0 Å². The second kappa shape index (κ2) is 5.93. The van der Waals surface area contributed by atoms with E-state index in [1.54, 1.807) is 6.07 Å². The summed E-state index contributed by atoms with van der Waals surface area (Å²) in [5.41, 5.74) is 6.36. The van der Waals surface area contributed by atoms with Crippen LogP contribution in [0.2, 0.25) is 0 Å². The molecule has 1 heterocycles. The summed E-state index contributed by atoms with van der Waals surface area (Å²) in [6, 6.07) is 4.98. The first kappa shape index (κ1) is 13.7. The Hall–Kier alpha value is -1.75. The van der Waals surface area contributed by atoms with Gasteiger partial charge in [-0.15, -0.1) is 0 Å². The van der Waals surface area contributed by atoms with Crippen molar-refractivity contribution in [2.75, 3.05) is 25.9 Å². The van der Waals surface area contributed by atoms with E-state index in [4.69, 9.17) is 15.6 Å². The van der Waals surface area contributed by atoms with Gasteiger partial charge in [0.05, 0.1) is 11.3 Å². The number of likely N-dealkylation sites (tertiary alicyclic amines) is 1. The third kappa shape index (κ3) is 3.38. The van der Waals surface area contributed by atoms with Crippen molar-refractivity contribution in [2.45, 2.75) is 25.3 Å². The highest BCUT2D eigenvalue weighted by Gasteiger charge is 2.19. The minimum absolute atomic E-state index is 0.180. The molecule has 0 amide bonds. The zero-order valence-electron chi connectivity index (χ0n) is 11.1. The van der Waals surface area contributed by atoms with Gasteiger partial charge in [0.1, 0.15) is 12.4 Å². The largest absolute Gasteiger partial charge is 0.490 e. The minimum Gasteiger partial charge on any atom is -0.490 e. The van der Waals surface area contributed by atoms with Gasteiger partial charge in [0.25, 0.3) is 0 Å². The van der Waals surface area contributed by atoms with E-state index in [2.05, 4.69) is 11.9 Å². The number of nitrogen functional groups attached to an aromatic ring is 1. The lowest BCUT2D eigenvalue weighted by Crippen LogP contribution is -2.40. The summed E-state index contributed by atoms with van der Waals surface area (Å²) in [7, 11) is 2.10. The average Bonchev–Trinajstić information content (AvgIpc) is 2.39. The average molecular weight is 264 g/mol. The third-order valence-electron chi connectivity index (χ3n) is 3.61. The normalized spacial score (nSPS) is 20.2. The van der Waals surface area contributed by atoms with Gasteiger partial charge in [-0.2, -0.15) is 0 Å². The van der Waals surface area contributed by atoms with E-state index < -0.39 is 5.97 Å². The van der Waals surface area contributed by atoms with Crippen LogP contribution in [0.4, 0.5) is 5.69 Å². The number of ether oxygens (including phenoxy) is 1. The van der Waals surface area contributed by atoms with Gasteiger partial charge in [-0.25, -0.2) is 4.79 Å². The monoisotopic (exact) mass is 264 g/mol.